The first-order valence-corrected chi connectivity index (χ1v) is 6.91. The number of carbonyl (C=O) groups is 2. The summed E-state index contributed by atoms with van der Waals surface area (Å²) in [5.74, 6) is -0.292. The normalized spacial score (nSPS) is 19.4. The Labute approximate surface area is 111 Å². The predicted molar refractivity (Wildman–Crippen MR) is 69.1 cm³/mol. The van der Waals surface area contributed by atoms with Crippen LogP contribution in [0.2, 0.25) is 0 Å². The van der Waals surface area contributed by atoms with E-state index in [9.17, 15) is 9.59 Å². The van der Waals surface area contributed by atoms with Gasteiger partial charge in [0.15, 0.2) is 0 Å². The molecule has 90 valence electrons. The number of hydrogen-bond acceptors (Lipinski definition) is 3. The molecule has 0 aromatic heterocycles. The zero-order chi connectivity index (χ0) is 12.4. The average Bonchev–Trinajstić information content (AvgIpc) is 2.77. The molecule has 1 atom stereocenters. The minimum atomic E-state index is -0.946. The molecule has 0 spiro atoms. The van der Waals surface area contributed by atoms with Gasteiger partial charge in [-0.3, -0.25) is 4.79 Å². The van der Waals surface area contributed by atoms with Crippen molar-refractivity contribution in [2.75, 3.05) is 11.6 Å². The molecule has 1 aromatic rings. The highest BCUT2D eigenvalue weighted by atomic mass is 79.9. The zero-order valence-corrected chi connectivity index (χ0v) is 11.2. The molecule has 1 amide bonds. The van der Waals surface area contributed by atoms with Gasteiger partial charge >= 0.3 is 5.97 Å². The van der Waals surface area contributed by atoms with E-state index in [-0.39, 0.29) is 5.91 Å². The molecule has 1 aliphatic rings. The van der Waals surface area contributed by atoms with E-state index in [1.807, 2.05) is 6.07 Å². The predicted octanol–water partition coefficient (Wildman–Crippen LogP) is 2.05. The Kier molecular flexibility index (Phi) is 3.73. The number of rotatable bonds is 2. The van der Waals surface area contributed by atoms with Crippen molar-refractivity contribution in [2.45, 2.75) is 6.04 Å². The number of nitrogens with zero attached hydrogens (tertiary/aromatic N) is 1. The summed E-state index contributed by atoms with van der Waals surface area (Å²) in [6, 6.07) is 6.26. The highest BCUT2D eigenvalue weighted by molar-refractivity contribution is 9.10. The van der Waals surface area contributed by atoms with Crippen molar-refractivity contribution in [3.8, 4) is 0 Å². The molecule has 1 heterocycles. The molecular formula is C11H10BrNO3S. The van der Waals surface area contributed by atoms with Crippen molar-refractivity contribution in [1.82, 2.24) is 4.90 Å². The fourth-order valence-electron chi connectivity index (χ4n) is 1.63. The van der Waals surface area contributed by atoms with Crippen molar-refractivity contribution < 1.29 is 14.7 Å². The third-order valence-corrected chi connectivity index (χ3v) is 4.01. The number of thioether (sulfide) groups is 1. The maximum atomic E-state index is 12.1. The Morgan fingerprint density at radius 3 is 2.88 bits per heavy atom. The van der Waals surface area contributed by atoms with Crippen LogP contribution in [-0.2, 0) is 4.79 Å². The molecule has 0 aliphatic carbocycles. The molecule has 2 rings (SSSR count). The van der Waals surface area contributed by atoms with Crippen molar-refractivity contribution in [3.63, 3.8) is 0 Å². The summed E-state index contributed by atoms with van der Waals surface area (Å²) in [5.41, 5.74) is 0.508. The molecule has 4 nitrogen and oxygen atoms in total. The number of carbonyl (C=O) groups excluding carboxylic acids is 1. The number of amides is 1. The first-order valence-electron chi connectivity index (χ1n) is 4.96. The maximum absolute atomic E-state index is 12.1. The fourth-order valence-corrected chi connectivity index (χ4v) is 3.18. The van der Waals surface area contributed by atoms with Crippen LogP contribution >= 0.6 is 27.7 Å². The van der Waals surface area contributed by atoms with Crippen LogP contribution in [0.1, 0.15) is 10.4 Å². The second-order valence-corrected chi connectivity index (χ2v) is 5.55. The summed E-state index contributed by atoms with van der Waals surface area (Å²) in [6.07, 6.45) is 0. The van der Waals surface area contributed by atoms with Crippen LogP contribution < -0.4 is 0 Å². The molecule has 0 bridgehead atoms. The quantitative estimate of drug-likeness (QED) is 0.907. The van der Waals surface area contributed by atoms with Crippen molar-refractivity contribution in [2.24, 2.45) is 0 Å². The minimum Gasteiger partial charge on any atom is -0.480 e. The monoisotopic (exact) mass is 315 g/mol. The SMILES string of the molecule is O=C(O)[C@@H]1CSCN1C(=O)c1cccc(Br)c1. The highest BCUT2D eigenvalue weighted by Gasteiger charge is 2.34. The van der Waals surface area contributed by atoms with E-state index in [1.165, 1.54) is 16.7 Å². The van der Waals surface area contributed by atoms with E-state index in [1.54, 1.807) is 18.2 Å². The Morgan fingerprint density at radius 2 is 2.24 bits per heavy atom. The number of carboxylic acid groups (broad SMARTS) is 1. The molecule has 1 fully saturated rings. The largest absolute Gasteiger partial charge is 0.480 e. The van der Waals surface area contributed by atoms with Crippen molar-refractivity contribution >= 4 is 39.6 Å². The lowest BCUT2D eigenvalue weighted by Crippen LogP contribution is -2.41. The van der Waals surface area contributed by atoms with Crippen LogP contribution in [0.15, 0.2) is 28.7 Å². The van der Waals surface area contributed by atoms with Gasteiger partial charge in [0.1, 0.15) is 6.04 Å². The Morgan fingerprint density at radius 1 is 1.47 bits per heavy atom. The lowest BCUT2D eigenvalue weighted by atomic mass is 10.2. The molecule has 0 radical (unpaired) electrons. The molecule has 6 heteroatoms. The summed E-state index contributed by atoms with van der Waals surface area (Å²) in [4.78, 5) is 24.5. The second-order valence-electron chi connectivity index (χ2n) is 3.64. The van der Waals surface area contributed by atoms with Gasteiger partial charge in [-0.2, -0.15) is 0 Å². The topological polar surface area (TPSA) is 57.6 Å². The van der Waals surface area contributed by atoms with Crippen LogP contribution in [0.4, 0.5) is 0 Å². The standard InChI is InChI=1S/C11H10BrNO3S/c12-8-3-1-2-7(4-8)10(14)13-6-17-5-9(13)11(15)16/h1-4,9H,5-6H2,(H,15,16)/t9-/m0/s1. The smallest absolute Gasteiger partial charge is 0.327 e. The molecule has 1 aliphatic heterocycles. The third-order valence-electron chi connectivity index (χ3n) is 2.50. The number of benzene rings is 1. The van der Waals surface area contributed by atoms with Gasteiger partial charge in [-0.05, 0) is 18.2 Å². The average molecular weight is 316 g/mol. The second kappa shape index (κ2) is 5.10. The molecule has 0 unspecified atom stereocenters. The molecule has 17 heavy (non-hydrogen) atoms. The van der Waals surface area contributed by atoms with E-state index in [4.69, 9.17) is 5.11 Å². The van der Waals surface area contributed by atoms with Gasteiger partial charge in [-0.25, -0.2) is 4.79 Å². The lowest BCUT2D eigenvalue weighted by molar-refractivity contribution is -0.140. The summed E-state index contributed by atoms with van der Waals surface area (Å²) < 4.78 is 0.807. The fraction of sp³-hybridized carbons (Fsp3) is 0.273. The van der Waals surface area contributed by atoms with Gasteiger partial charge in [0.2, 0.25) is 0 Å². The van der Waals surface area contributed by atoms with Gasteiger partial charge in [0.25, 0.3) is 5.91 Å². The maximum Gasteiger partial charge on any atom is 0.327 e. The van der Waals surface area contributed by atoms with Crippen molar-refractivity contribution in [3.05, 3.63) is 34.3 Å². The van der Waals surface area contributed by atoms with Gasteiger partial charge in [-0.15, -0.1) is 11.8 Å². The van der Waals surface area contributed by atoms with Gasteiger partial charge in [0.05, 0.1) is 5.88 Å². The number of halogens is 1. The summed E-state index contributed by atoms with van der Waals surface area (Å²) >= 11 is 4.75. The van der Waals surface area contributed by atoms with Crippen LogP contribution in [0.5, 0.6) is 0 Å². The van der Waals surface area contributed by atoms with Gasteiger partial charge in [-0.1, -0.05) is 22.0 Å². The molecule has 1 aromatic carbocycles. The lowest BCUT2D eigenvalue weighted by Gasteiger charge is -2.20. The summed E-state index contributed by atoms with van der Waals surface area (Å²) in [7, 11) is 0. The number of hydrogen-bond donors (Lipinski definition) is 1. The van der Waals surface area contributed by atoms with E-state index in [0.29, 0.717) is 17.2 Å². The van der Waals surface area contributed by atoms with E-state index in [0.717, 1.165) is 4.47 Å². The van der Waals surface area contributed by atoms with Crippen molar-refractivity contribution in [1.29, 1.82) is 0 Å². The Bertz CT molecular complexity index is 466. The molecule has 1 saturated heterocycles. The van der Waals surface area contributed by atoms with Crippen LogP contribution in [0.25, 0.3) is 0 Å². The van der Waals surface area contributed by atoms with Gasteiger partial charge in [0, 0.05) is 15.8 Å². The van der Waals surface area contributed by atoms with Gasteiger partial charge < -0.3 is 10.0 Å². The van der Waals surface area contributed by atoms with Crippen LogP contribution in [-0.4, -0.2) is 39.6 Å². The van der Waals surface area contributed by atoms with Crippen LogP contribution in [0.3, 0.4) is 0 Å². The highest BCUT2D eigenvalue weighted by Crippen LogP contribution is 2.24. The molecular weight excluding hydrogens is 306 g/mol. The van der Waals surface area contributed by atoms with E-state index >= 15 is 0 Å². The first kappa shape index (κ1) is 12.4. The molecule has 1 N–H and O–H groups in total. The summed E-state index contributed by atoms with van der Waals surface area (Å²) in [6.45, 7) is 0. The zero-order valence-electron chi connectivity index (χ0n) is 8.80. The minimum absolute atomic E-state index is 0.233. The number of carboxylic acids is 1. The first-order chi connectivity index (χ1) is 8.09. The summed E-state index contributed by atoms with van der Waals surface area (Å²) in [5, 5.41) is 9.02. The van der Waals surface area contributed by atoms with E-state index < -0.39 is 12.0 Å². The Hall–Kier alpha value is -1.01. The third kappa shape index (κ3) is 2.63. The number of aliphatic carboxylic acids is 1. The van der Waals surface area contributed by atoms with E-state index in [2.05, 4.69) is 15.9 Å². The Balaban J connectivity index is 2.23. The molecule has 0 saturated carbocycles. The van der Waals surface area contributed by atoms with Crippen LogP contribution in [0, 0.1) is 0 Å².